The highest BCUT2D eigenvalue weighted by molar-refractivity contribution is 14.1. The van der Waals surface area contributed by atoms with Crippen LogP contribution in [0.1, 0.15) is 5.56 Å². The van der Waals surface area contributed by atoms with Gasteiger partial charge in [0.2, 0.25) is 5.91 Å². The fraction of sp³-hybridized carbons (Fsp3) is 0.0741. The number of amides is 1. The van der Waals surface area contributed by atoms with E-state index in [1.54, 1.807) is 48.5 Å². The highest BCUT2D eigenvalue weighted by Gasteiger charge is 2.27. The van der Waals surface area contributed by atoms with Crippen LogP contribution in [0.15, 0.2) is 108 Å². The molecular formula is C27H23IN2O4S. The van der Waals surface area contributed by atoms with Crippen molar-refractivity contribution in [1.82, 2.24) is 0 Å². The maximum absolute atomic E-state index is 13.5. The highest BCUT2D eigenvalue weighted by atomic mass is 127. The van der Waals surface area contributed by atoms with Gasteiger partial charge in [-0.15, -0.1) is 0 Å². The van der Waals surface area contributed by atoms with E-state index in [2.05, 4.69) is 27.9 Å². The van der Waals surface area contributed by atoms with Crippen LogP contribution < -0.4 is 14.4 Å². The fourth-order valence-electron chi connectivity index (χ4n) is 3.43. The van der Waals surface area contributed by atoms with Crippen LogP contribution in [0.5, 0.6) is 11.5 Å². The Labute approximate surface area is 218 Å². The maximum atomic E-state index is 13.5. The van der Waals surface area contributed by atoms with Crippen molar-refractivity contribution in [3.05, 3.63) is 112 Å². The first kappa shape index (κ1) is 24.7. The highest BCUT2D eigenvalue weighted by Crippen LogP contribution is 2.28. The second kappa shape index (κ2) is 10.9. The number of carbonyl (C=O) groups excluding carboxylic acids is 1. The molecule has 0 aliphatic heterocycles. The Balaban J connectivity index is 1.62. The summed E-state index contributed by atoms with van der Waals surface area (Å²) in [5.41, 5.74) is 1.88. The predicted molar refractivity (Wildman–Crippen MR) is 146 cm³/mol. The van der Waals surface area contributed by atoms with Crippen LogP contribution in [0.3, 0.4) is 0 Å². The fourth-order valence-corrected chi connectivity index (χ4v) is 5.52. The molecule has 8 heteroatoms. The quantitative estimate of drug-likeness (QED) is 0.244. The number of carbonyl (C=O) groups is 1. The third-order valence-electron chi connectivity index (χ3n) is 5.18. The predicted octanol–water partition coefficient (Wildman–Crippen LogP) is 6.23. The molecule has 0 saturated heterocycles. The Morgan fingerprint density at radius 3 is 2.09 bits per heavy atom. The molecule has 178 valence electrons. The largest absolute Gasteiger partial charge is 0.457 e. The van der Waals surface area contributed by atoms with Gasteiger partial charge >= 0.3 is 0 Å². The molecule has 4 rings (SSSR count). The van der Waals surface area contributed by atoms with E-state index in [0.717, 1.165) is 13.4 Å². The molecule has 0 spiro atoms. The number of ether oxygens (including phenoxy) is 1. The van der Waals surface area contributed by atoms with Gasteiger partial charge in [-0.2, -0.15) is 0 Å². The van der Waals surface area contributed by atoms with E-state index in [0.29, 0.717) is 22.9 Å². The number of rotatable bonds is 8. The molecule has 0 atom stereocenters. The van der Waals surface area contributed by atoms with E-state index in [1.807, 2.05) is 49.4 Å². The molecule has 0 fully saturated rings. The van der Waals surface area contributed by atoms with E-state index in [1.165, 1.54) is 12.1 Å². The van der Waals surface area contributed by atoms with E-state index in [-0.39, 0.29) is 11.4 Å². The first-order valence-electron chi connectivity index (χ1n) is 10.8. The van der Waals surface area contributed by atoms with Crippen LogP contribution in [-0.2, 0) is 14.8 Å². The van der Waals surface area contributed by atoms with Crippen molar-refractivity contribution in [2.75, 3.05) is 16.2 Å². The molecule has 0 aromatic heterocycles. The summed E-state index contributed by atoms with van der Waals surface area (Å²) >= 11 is 2.20. The smallest absolute Gasteiger partial charge is 0.264 e. The third-order valence-corrected chi connectivity index (χ3v) is 7.64. The molecule has 4 aromatic carbocycles. The van der Waals surface area contributed by atoms with Gasteiger partial charge in [-0.05, 0) is 102 Å². The van der Waals surface area contributed by atoms with Gasteiger partial charge in [0.15, 0.2) is 0 Å². The molecule has 1 N–H and O–H groups in total. The molecule has 0 bridgehead atoms. The van der Waals surface area contributed by atoms with E-state index < -0.39 is 15.9 Å². The number of hydrogen-bond donors (Lipinski definition) is 1. The SMILES string of the molecule is Cc1cc(I)ccc1NC(=O)CN(c1ccc(Oc2ccccc2)cc1)S(=O)(=O)c1ccccc1. The minimum absolute atomic E-state index is 0.0999. The summed E-state index contributed by atoms with van der Waals surface area (Å²) in [6.07, 6.45) is 0. The van der Waals surface area contributed by atoms with E-state index in [9.17, 15) is 13.2 Å². The summed E-state index contributed by atoms with van der Waals surface area (Å²) in [6, 6.07) is 29.6. The van der Waals surface area contributed by atoms with Crippen LogP contribution in [0.2, 0.25) is 0 Å². The molecule has 0 unspecified atom stereocenters. The van der Waals surface area contributed by atoms with Crippen molar-refractivity contribution in [2.45, 2.75) is 11.8 Å². The summed E-state index contributed by atoms with van der Waals surface area (Å²) in [7, 11) is -4.00. The lowest BCUT2D eigenvalue weighted by molar-refractivity contribution is -0.114. The summed E-state index contributed by atoms with van der Waals surface area (Å²) in [5, 5.41) is 2.83. The van der Waals surface area contributed by atoms with Crippen molar-refractivity contribution in [3.8, 4) is 11.5 Å². The number of sulfonamides is 1. The van der Waals surface area contributed by atoms with Crippen LogP contribution in [0.25, 0.3) is 0 Å². The molecule has 4 aromatic rings. The van der Waals surface area contributed by atoms with Crippen molar-refractivity contribution >= 4 is 49.9 Å². The molecule has 0 aliphatic rings. The molecule has 6 nitrogen and oxygen atoms in total. The first-order chi connectivity index (χ1) is 16.8. The van der Waals surface area contributed by atoms with Gasteiger partial charge in [-0.1, -0.05) is 36.4 Å². The Morgan fingerprint density at radius 1 is 0.857 bits per heavy atom. The van der Waals surface area contributed by atoms with Gasteiger partial charge in [0.25, 0.3) is 10.0 Å². The third kappa shape index (κ3) is 6.20. The maximum Gasteiger partial charge on any atom is 0.264 e. The molecule has 0 radical (unpaired) electrons. The van der Waals surface area contributed by atoms with Gasteiger partial charge in [0.1, 0.15) is 18.0 Å². The van der Waals surface area contributed by atoms with Gasteiger partial charge in [-0.3, -0.25) is 9.10 Å². The molecule has 35 heavy (non-hydrogen) atoms. The topological polar surface area (TPSA) is 75.7 Å². The van der Waals surface area contributed by atoms with Crippen molar-refractivity contribution < 1.29 is 17.9 Å². The summed E-state index contributed by atoms with van der Waals surface area (Å²) < 4.78 is 35.0. The van der Waals surface area contributed by atoms with Gasteiger partial charge in [0.05, 0.1) is 10.6 Å². The van der Waals surface area contributed by atoms with Crippen LogP contribution in [0.4, 0.5) is 11.4 Å². The normalized spacial score (nSPS) is 11.0. The van der Waals surface area contributed by atoms with Crippen molar-refractivity contribution in [3.63, 3.8) is 0 Å². The van der Waals surface area contributed by atoms with Crippen molar-refractivity contribution in [2.24, 2.45) is 0 Å². The zero-order valence-corrected chi connectivity index (χ0v) is 21.9. The van der Waals surface area contributed by atoms with Crippen LogP contribution >= 0.6 is 22.6 Å². The second-order valence-corrected chi connectivity index (χ2v) is 10.8. The number of nitrogens with one attached hydrogen (secondary N) is 1. The van der Waals surface area contributed by atoms with Crippen molar-refractivity contribution in [1.29, 1.82) is 0 Å². The van der Waals surface area contributed by atoms with Crippen LogP contribution in [-0.4, -0.2) is 20.9 Å². The van der Waals surface area contributed by atoms with E-state index >= 15 is 0 Å². The number of halogens is 1. The summed E-state index contributed by atoms with van der Waals surface area (Å²) in [6.45, 7) is 1.50. The minimum Gasteiger partial charge on any atom is -0.457 e. The average molecular weight is 598 g/mol. The van der Waals surface area contributed by atoms with E-state index in [4.69, 9.17) is 4.74 Å². The van der Waals surface area contributed by atoms with Gasteiger partial charge < -0.3 is 10.1 Å². The van der Waals surface area contributed by atoms with Gasteiger partial charge in [0, 0.05) is 9.26 Å². The molecule has 0 aliphatic carbocycles. The number of hydrogen-bond acceptors (Lipinski definition) is 4. The molecule has 0 heterocycles. The lowest BCUT2D eigenvalue weighted by atomic mass is 10.2. The Bertz CT molecular complexity index is 1410. The lowest BCUT2D eigenvalue weighted by Gasteiger charge is -2.24. The first-order valence-corrected chi connectivity index (χ1v) is 13.3. The monoisotopic (exact) mass is 598 g/mol. The van der Waals surface area contributed by atoms with Crippen LogP contribution in [0, 0.1) is 10.5 Å². The Morgan fingerprint density at radius 2 is 1.46 bits per heavy atom. The Hall–Kier alpha value is -3.37. The summed E-state index contributed by atoms with van der Waals surface area (Å²) in [5.74, 6) is 0.774. The number of nitrogens with zero attached hydrogens (tertiary/aromatic N) is 1. The number of para-hydroxylation sites is 1. The summed E-state index contributed by atoms with van der Waals surface area (Å²) in [4.78, 5) is 13.1. The average Bonchev–Trinajstić information content (AvgIpc) is 2.86. The Kier molecular flexibility index (Phi) is 7.72. The number of aryl methyl sites for hydroxylation is 1. The lowest BCUT2D eigenvalue weighted by Crippen LogP contribution is -2.38. The zero-order chi connectivity index (χ0) is 24.8. The van der Waals surface area contributed by atoms with Gasteiger partial charge in [-0.25, -0.2) is 8.42 Å². The second-order valence-electron chi connectivity index (χ2n) is 7.74. The molecule has 1 amide bonds. The number of benzene rings is 4. The number of anilines is 2. The molecule has 0 saturated carbocycles. The standard InChI is InChI=1S/C27H23IN2O4S/c1-20-18-21(28)12-17-26(20)29-27(31)19-30(35(32,33)25-10-6-3-7-11-25)22-13-15-24(16-14-22)34-23-8-4-2-5-9-23/h2-18H,19H2,1H3,(H,29,31). The molecular weight excluding hydrogens is 575 g/mol. The minimum atomic E-state index is -4.00. The zero-order valence-electron chi connectivity index (χ0n) is 18.9.